The maximum atomic E-state index is 13.3. The molecule has 3 aliphatic rings. The second-order valence-corrected chi connectivity index (χ2v) is 8.01. The van der Waals surface area contributed by atoms with Crippen molar-refractivity contribution in [3.63, 3.8) is 0 Å². The maximum absolute atomic E-state index is 13.3. The maximum Gasteiger partial charge on any atom is 0.274 e. The lowest BCUT2D eigenvalue weighted by Crippen LogP contribution is -2.34. The highest BCUT2D eigenvalue weighted by atomic mass is 16.2. The summed E-state index contributed by atoms with van der Waals surface area (Å²) >= 11 is 0. The lowest BCUT2D eigenvalue weighted by atomic mass is 9.83. The molecule has 2 aliphatic carbocycles. The quantitative estimate of drug-likeness (QED) is 0.713. The van der Waals surface area contributed by atoms with Crippen LogP contribution in [0, 0.1) is 18.3 Å². The predicted molar refractivity (Wildman–Crippen MR) is 103 cm³/mol. The van der Waals surface area contributed by atoms with E-state index in [1.54, 1.807) is 0 Å². The van der Waals surface area contributed by atoms with E-state index < -0.39 is 5.41 Å². The number of fused-ring (bicyclic) bond motifs is 2. The first-order chi connectivity index (χ1) is 13.1. The van der Waals surface area contributed by atoms with Crippen LogP contribution in [0.5, 0.6) is 0 Å². The van der Waals surface area contributed by atoms with Gasteiger partial charge in [0.15, 0.2) is 5.78 Å². The number of likely N-dealkylation sites (tertiary alicyclic amines) is 1. The van der Waals surface area contributed by atoms with Crippen molar-refractivity contribution in [2.45, 2.75) is 13.3 Å². The average molecular weight is 354 g/mol. The molecule has 4 heteroatoms. The number of Topliss-reactive ketones (excluding diaryl/α,β-unsaturated/α-hetero) is 1. The lowest BCUT2D eigenvalue weighted by molar-refractivity contribution is 0.0799. The molecule has 2 fully saturated rings. The monoisotopic (exact) mass is 354 g/mol. The van der Waals surface area contributed by atoms with Gasteiger partial charge in [-0.1, -0.05) is 35.9 Å². The number of H-pyrrole nitrogens is 1. The molecule has 1 saturated heterocycles. The molecule has 1 spiro atoms. The summed E-state index contributed by atoms with van der Waals surface area (Å²) < 4.78 is 0. The third-order valence-electron chi connectivity index (χ3n) is 6.41. The Bertz CT molecular complexity index is 1200. The van der Waals surface area contributed by atoms with E-state index in [1.807, 2.05) is 54.3 Å². The first kappa shape index (κ1) is 15.0. The zero-order chi connectivity index (χ0) is 18.3. The van der Waals surface area contributed by atoms with Gasteiger partial charge < -0.3 is 9.88 Å². The smallest absolute Gasteiger partial charge is 0.274 e. The van der Waals surface area contributed by atoms with Crippen LogP contribution < -0.4 is 0 Å². The summed E-state index contributed by atoms with van der Waals surface area (Å²) in [5.74, 6) is 0.386. The largest absolute Gasteiger partial charge is 0.351 e. The first-order valence-electron chi connectivity index (χ1n) is 9.35. The Morgan fingerprint density at radius 2 is 2.04 bits per heavy atom. The van der Waals surface area contributed by atoms with Gasteiger partial charge >= 0.3 is 0 Å². The van der Waals surface area contributed by atoms with Gasteiger partial charge in [-0.25, -0.2) is 0 Å². The summed E-state index contributed by atoms with van der Waals surface area (Å²) in [6.07, 6.45) is 2.91. The molecular weight excluding hydrogens is 336 g/mol. The van der Waals surface area contributed by atoms with Gasteiger partial charge in [0, 0.05) is 28.7 Å². The summed E-state index contributed by atoms with van der Waals surface area (Å²) in [7, 11) is 0. The van der Waals surface area contributed by atoms with Crippen LogP contribution in [-0.2, 0) is 0 Å². The third-order valence-corrected chi connectivity index (χ3v) is 6.41. The number of hydrogen-bond acceptors (Lipinski definition) is 2. The second-order valence-electron chi connectivity index (χ2n) is 8.01. The number of amides is 1. The highest BCUT2D eigenvalue weighted by Gasteiger charge is 2.69. The standard InChI is InChI=1S/C23H18N2O2/c1-13-6-7-18-15(8-13)9-19(24-18)22(27)25-12-16-11-23(16)20(25)10-14-4-2-3-5-17(14)21(23)26/h2-10,16,24H,11-12H2,1H3. The molecule has 4 nitrogen and oxygen atoms in total. The number of allylic oxidation sites excluding steroid dienone is 1. The molecular formula is C23H18N2O2. The molecule has 2 aromatic carbocycles. The molecule has 6 rings (SSSR count). The molecule has 27 heavy (non-hydrogen) atoms. The van der Waals surface area contributed by atoms with Gasteiger partial charge in [-0.2, -0.15) is 0 Å². The normalized spacial score (nSPS) is 25.1. The van der Waals surface area contributed by atoms with Crippen LogP contribution in [-0.4, -0.2) is 28.1 Å². The minimum Gasteiger partial charge on any atom is -0.351 e. The van der Waals surface area contributed by atoms with E-state index in [2.05, 4.69) is 17.1 Å². The molecule has 1 N–H and O–H groups in total. The van der Waals surface area contributed by atoms with Crippen LogP contribution in [0.3, 0.4) is 0 Å². The van der Waals surface area contributed by atoms with Gasteiger partial charge in [-0.05, 0) is 49.1 Å². The SMILES string of the molecule is Cc1ccc2[nH]c(C(=O)N3CC4CC45C(=O)c4ccccc4C=C35)cc2c1. The van der Waals surface area contributed by atoms with Crippen molar-refractivity contribution in [1.82, 2.24) is 9.88 Å². The number of nitrogens with zero attached hydrogens (tertiary/aromatic N) is 1. The number of carbonyl (C=O) groups is 2. The summed E-state index contributed by atoms with van der Waals surface area (Å²) in [5.41, 5.74) is 4.84. The highest BCUT2D eigenvalue weighted by molar-refractivity contribution is 6.12. The van der Waals surface area contributed by atoms with E-state index in [-0.39, 0.29) is 17.6 Å². The number of benzene rings is 2. The molecule has 2 atom stereocenters. The van der Waals surface area contributed by atoms with Gasteiger partial charge in [-0.3, -0.25) is 9.59 Å². The molecule has 1 aromatic heterocycles. The van der Waals surface area contributed by atoms with Crippen molar-refractivity contribution >= 4 is 28.7 Å². The van der Waals surface area contributed by atoms with Crippen LogP contribution in [0.25, 0.3) is 17.0 Å². The van der Waals surface area contributed by atoms with Gasteiger partial charge in [0.1, 0.15) is 5.69 Å². The van der Waals surface area contributed by atoms with Crippen LogP contribution in [0.15, 0.2) is 54.2 Å². The minimum atomic E-state index is -0.466. The molecule has 0 bridgehead atoms. The number of hydrogen-bond donors (Lipinski definition) is 1. The summed E-state index contributed by atoms with van der Waals surface area (Å²) in [6, 6.07) is 15.7. The Kier molecular flexibility index (Phi) is 2.64. The Hall–Kier alpha value is -3.14. The van der Waals surface area contributed by atoms with Gasteiger partial charge in [0.25, 0.3) is 5.91 Å². The molecule has 2 unspecified atom stereocenters. The molecule has 0 radical (unpaired) electrons. The molecule has 3 aromatic rings. The fourth-order valence-electron chi connectivity index (χ4n) is 4.95. The van der Waals surface area contributed by atoms with Crippen molar-refractivity contribution in [2.24, 2.45) is 11.3 Å². The number of carbonyl (C=O) groups excluding carboxylic acids is 2. The van der Waals surface area contributed by atoms with E-state index in [0.717, 1.165) is 34.1 Å². The number of ketones is 1. The van der Waals surface area contributed by atoms with E-state index in [1.165, 1.54) is 5.56 Å². The van der Waals surface area contributed by atoms with E-state index in [0.29, 0.717) is 12.2 Å². The second kappa shape index (κ2) is 4.77. The van der Waals surface area contributed by atoms with Gasteiger partial charge in [-0.15, -0.1) is 0 Å². The Morgan fingerprint density at radius 3 is 2.93 bits per heavy atom. The van der Waals surface area contributed by atoms with E-state index in [4.69, 9.17) is 0 Å². The molecule has 132 valence electrons. The first-order valence-corrected chi connectivity index (χ1v) is 9.35. The molecule has 1 saturated carbocycles. The summed E-state index contributed by atoms with van der Waals surface area (Å²) in [5, 5.41) is 1.04. The number of aryl methyl sites for hydroxylation is 1. The van der Waals surface area contributed by atoms with Crippen molar-refractivity contribution in [3.05, 3.63) is 76.6 Å². The zero-order valence-corrected chi connectivity index (χ0v) is 15.0. The Balaban J connectivity index is 1.45. The molecule has 1 amide bonds. The summed E-state index contributed by atoms with van der Waals surface area (Å²) in [6.45, 7) is 2.67. The van der Waals surface area contributed by atoms with Crippen LogP contribution in [0.1, 0.15) is 38.4 Å². The van der Waals surface area contributed by atoms with Gasteiger partial charge in [0.2, 0.25) is 0 Å². The van der Waals surface area contributed by atoms with E-state index >= 15 is 0 Å². The minimum absolute atomic E-state index is 0.0474. The highest BCUT2D eigenvalue weighted by Crippen LogP contribution is 2.67. The fraction of sp³-hybridized carbons (Fsp3) is 0.217. The number of aromatic amines is 1. The van der Waals surface area contributed by atoms with Crippen molar-refractivity contribution in [2.75, 3.05) is 6.54 Å². The van der Waals surface area contributed by atoms with Crippen molar-refractivity contribution < 1.29 is 9.59 Å². The lowest BCUT2D eigenvalue weighted by Gasteiger charge is -2.28. The number of nitrogens with one attached hydrogen (secondary N) is 1. The van der Waals surface area contributed by atoms with Crippen molar-refractivity contribution in [3.8, 4) is 0 Å². The zero-order valence-electron chi connectivity index (χ0n) is 15.0. The fourth-order valence-corrected chi connectivity index (χ4v) is 4.95. The molecule has 2 heterocycles. The summed E-state index contributed by atoms with van der Waals surface area (Å²) in [4.78, 5) is 31.5. The average Bonchev–Trinajstić information content (AvgIpc) is 3.07. The topological polar surface area (TPSA) is 53.2 Å². The number of aromatic nitrogens is 1. The predicted octanol–water partition coefficient (Wildman–Crippen LogP) is 4.18. The number of piperidine rings is 1. The third kappa shape index (κ3) is 1.82. The molecule has 1 aliphatic heterocycles. The Labute approximate surface area is 156 Å². The van der Waals surface area contributed by atoms with E-state index in [9.17, 15) is 9.59 Å². The number of rotatable bonds is 1. The van der Waals surface area contributed by atoms with Crippen LogP contribution in [0.4, 0.5) is 0 Å². The van der Waals surface area contributed by atoms with Crippen molar-refractivity contribution in [1.29, 1.82) is 0 Å². The van der Waals surface area contributed by atoms with Gasteiger partial charge in [0.05, 0.1) is 5.41 Å². The Morgan fingerprint density at radius 1 is 1.19 bits per heavy atom. The van der Waals surface area contributed by atoms with Crippen LogP contribution >= 0.6 is 0 Å². The van der Waals surface area contributed by atoms with Crippen LogP contribution in [0.2, 0.25) is 0 Å².